The standard InChI is InChI=1S/C18H22N6O2/c1-12(24-19)16(23-15-3-4-17(25-2)22-10-15)11-26-18-7-13-5-6-20-8-14(13)9-21-18/h3-4,7,9-10,20H,5-6,8,11,19H2,1-2H3/b23-16?,24-12-. The molecule has 0 spiro atoms. The zero-order valence-electron chi connectivity index (χ0n) is 14.9. The summed E-state index contributed by atoms with van der Waals surface area (Å²) in [6.45, 7) is 3.80. The normalized spacial score (nSPS) is 14.7. The summed E-state index contributed by atoms with van der Waals surface area (Å²) < 4.78 is 10.9. The second kappa shape index (κ2) is 8.39. The number of aromatic nitrogens is 2. The quantitative estimate of drug-likeness (QED) is 0.464. The van der Waals surface area contributed by atoms with Crippen molar-refractivity contribution >= 4 is 17.1 Å². The van der Waals surface area contributed by atoms with Crippen molar-refractivity contribution in [1.29, 1.82) is 0 Å². The lowest BCUT2D eigenvalue weighted by molar-refractivity contribution is 0.361. The monoisotopic (exact) mass is 354 g/mol. The van der Waals surface area contributed by atoms with Gasteiger partial charge in [0, 0.05) is 24.9 Å². The lowest BCUT2D eigenvalue weighted by atomic mass is 10.0. The molecule has 3 N–H and O–H groups in total. The Morgan fingerprint density at radius 2 is 2.08 bits per heavy atom. The van der Waals surface area contributed by atoms with Crippen LogP contribution in [0.5, 0.6) is 11.8 Å². The number of methoxy groups -OCH3 is 1. The molecule has 2 aromatic heterocycles. The Balaban J connectivity index is 1.75. The van der Waals surface area contributed by atoms with Crippen LogP contribution in [-0.4, -0.2) is 41.7 Å². The molecule has 0 aliphatic carbocycles. The second-order valence-electron chi connectivity index (χ2n) is 5.84. The number of hydrogen-bond donors (Lipinski definition) is 2. The molecule has 3 heterocycles. The number of nitrogens with two attached hydrogens (primary N) is 1. The largest absolute Gasteiger partial charge is 0.481 e. The molecular formula is C18H22N6O2. The van der Waals surface area contributed by atoms with Crippen molar-refractivity contribution in [3.8, 4) is 11.8 Å². The van der Waals surface area contributed by atoms with Crippen molar-refractivity contribution in [3.63, 3.8) is 0 Å². The molecule has 0 fully saturated rings. The molecule has 2 aromatic rings. The molecule has 0 radical (unpaired) electrons. The Hall–Kier alpha value is -3.00. The van der Waals surface area contributed by atoms with Crippen LogP contribution in [0.25, 0.3) is 0 Å². The number of nitrogens with zero attached hydrogens (tertiary/aromatic N) is 4. The van der Waals surface area contributed by atoms with Gasteiger partial charge in [0.05, 0.1) is 24.7 Å². The molecule has 26 heavy (non-hydrogen) atoms. The van der Waals surface area contributed by atoms with Crippen LogP contribution in [0.3, 0.4) is 0 Å². The number of aliphatic imine (C=N–C) groups is 1. The number of pyridine rings is 2. The van der Waals surface area contributed by atoms with E-state index in [-0.39, 0.29) is 6.61 Å². The topological polar surface area (TPSA) is 107 Å². The SMILES string of the molecule is COc1ccc(N=C(COc2cc3c(cn2)CNCC3)/C(C)=N\N)cn1. The highest BCUT2D eigenvalue weighted by molar-refractivity contribution is 6.42. The minimum absolute atomic E-state index is 0.211. The highest BCUT2D eigenvalue weighted by Gasteiger charge is 2.12. The first kappa shape index (κ1) is 17.8. The van der Waals surface area contributed by atoms with Crippen molar-refractivity contribution in [2.24, 2.45) is 15.9 Å². The van der Waals surface area contributed by atoms with Crippen LogP contribution in [0.1, 0.15) is 18.1 Å². The van der Waals surface area contributed by atoms with Gasteiger partial charge in [0.25, 0.3) is 0 Å². The zero-order valence-corrected chi connectivity index (χ0v) is 14.9. The lowest BCUT2D eigenvalue weighted by Gasteiger charge is -2.17. The van der Waals surface area contributed by atoms with Gasteiger partial charge < -0.3 is 20.6 Å². The minimum atomic E-state index is 0.211. The predicted octanol–water partition coefficient (Wildman–Crippen LogP) is 1.62. The Morgan fingerprint density at radius 1 is 1.23 bits per heavy atom. The van der Waals surface area contributed by atoms with Crippen molar-refractivity contribution in [2.45, 2.75) is 19.9 Å². The van der Waals surface area contributed by atoms with E-state index in [4.69, 9.17) is 15.3 Å². The van der Waals surface area contributed by atoms with Crippen LogP contribution < -0.4 is 20.6 Å². The fraction of sp³-hybridized carbons (Fsp3) is 0.333. The maximum atomic E-state index is 5.83. The van der Waals surface area contributed by atoms with E-state index in [2.05, 4.69) is 25.4 Å². The van der Waals surface area contributed by atoms with Gasteiger partial charge in [-0.2, -0.15) is 5.10 Å². The Bertz CT molecular complexity index is 817. The van der Waals surface area contributed by atoms with Gasteiger partial charge in [-0.25, -0.2) is 15.0 Å². The summed E-state index contributed by atoms with van der Waals surface area (Å²) in [7, 11) is 1.57. The first-order valence-corrected chi connectivity index (χ1v) is 8.33. The molecule has 1 aliphatic rings. The maximum absolute atomic E-state index is 5.83. The Labute approximate surface area is 152 Å². The van der Waals surface area contributed by atoms with Crippen LogP contribution >= 0.6 is 0 Å². The summed E-state index contributed by atoms with van der Waals surface area (Å²) in [6, 6.07) is 5.53. The summed E-state index contributed by atoms with van der Waals surface area (Å²) in [5, 5.41) is 7.06. The van der Waals surface area contributed by atoms with Crippen LogP contribution in [0.15, 0.2) is 40.7 Å². The van der Waals surface area contributed by atoms with Gasteiger partial charge in [-0.15, -0.1) is 0 Å². The smallest absolute Gasteiger partial charge is 0.213 e. The van der Waals surface area contributed by atoms with Crippen molar-refractivity contribution in [3.05, 3.63) is 41.7 Å². The van der Waals surface area contributed by atoms with Gasteiger partial charge in [-0.05, 0) is 37.1 Å². The average molecular weight is 354 g/mol. The number of nitrogens with one attached hydrogen (secondary N) is 1. The Kier molecular flexibility index (Phi) is 5.75. The van der Waals surface area contributed by atoms with Crippen molar-refractivity contribution in [1.82, 2.24) is 15.3 Å². The average Bonchev–Trinajstić information content (AvgIpc) is 2.70. The minimum Gasteiger partial charge on any atom is -0.481 e. The predicted molar refractivity (Wildman–Crippen MR) is 100 cm³/mol. The van der Waals surface area contributed by atoms with Crippen LogP contribution in [-0.2, 0) is 13.0 Å². The van der Waals surface area contributed by atoms with Gasteiger partial charge in [0.15, 0.2) is 0 Å². The molecule has 0 aromatic carbocycles. The maximum Gasteiger partial charge on any atom is 0.213 e. The van der Waals surface area contributed by atoms with E-state index in [1.54, 1.807) is 32.4 Å². The first-order chi connectivity index (χ1) is 12.7. The molecule has 0 amide bonds. The van der Waals surface area contributed by atoms with E-state index in [0.717, 1.165) is 19.5 Å². The van der Waals surface area contributed by atoms with E-state index in [1.165, 1.54) is 11.1 Å². The molecule has 0 saturated heterocycles. The Morgan fingerprint density at radius 3 is 2.81 bits per heavy atom. The number of ether oxygens (including phenoxy) is 2. The number of hydrogen-bond acceptors (Lipinski definition) is 8. The van der Waals surface area contributed by atoms with Gasteiger partial charge >= 0.3 is 0 Å². The lowest BCUT2D eigenvalue weighted by Crippen LogP contribution is -2.24. The summed E-state index contributed by atoms with van der Waals surface area (Å²) in [5.41, 5.74) is 4.33. The highest BCUT2D eigenvalue weighted by Crippen LogP contribution is 2.18. The molecule has 0 saturated carbocycles. The third kappa shape index (κ3) is 4.34. The highest BCUT2D eigenvalue weighted by atomic mass is 16.5. The fourth-order valence-electron chi connectivity index (χ4n) is 2.57. The molecule has 3 rings (SSSR count). The molecule has 136 valence electrons. The fourth-order valence-corrected chi connectivity index (χ4v) is 2.57. The molecule has 0 bridgehead atoms. The van der Waals surface area contributed by atoms with E-state index in [0.29, 0.717) is 28.9 Å². The van der Waals surface area contributed by atoms with E-state index in [9.17, 15) is 0 Å². The van der Waals surface area contributed by atoms with Gasteiger partial charge in [0.2, 0.25) is 11.8 Å². The van der Waals surface area contributed by atoms with Gasteiger partial charge in [-0.1, -0.05) is 0 Å². The third-order valence-electron chi connectivity index (χ3n) is 4.11. The summed E-state index contributed by atoms with van der Waals surface area (Å²) in [6.07, 6.45) is 4.44. The van der Waals surface area contributed by atoms with E-state index in [1.807, 2.05) is 12.3 Å². The third-order valence-corrected chi connectivity index (χ3v) is 4.11. The molecule has 8 heteroatoms. The summed E-state index contributed by atoms with van der Waals surface area (Å²) in [4.78, 5) is 13.0. The molecular weight excluding hydrogens is 332 g/mol. The molecule has 1 aliphatic heterocycles. The van der Waals surface area contributed by atoms with Crippen molar-refractivity contribution < 1.29 is 9.47 Å². The van der Waals surface area contributed by atoms with Crippen LogP contribution in [0.4, 0.5) is 5.69 Å². The van der Waals surface area contributed by atoms with Gasteiger partial charge in [-0.3, -0.25) is 0 Å². The first-order valence-electron chi connectivity index (χ1n) is 8.33. The molecule has 8 nitrogen and oxygen atoms in total. The van der Waals surface area contributed by atoms with Crippen molar-refractivity contribution in [2.75, 3.05) is 20.3 Å². The number of rotatable bonds is 6. The number of fused-ring (bicyclic) bond motifs is 1. The summed E-state index contributed by atoms with van der Waals surface area (Å²) in [5.74, 6) is 6.52. The molecule has 0 unspecified atom stereocenters. The van der Waals surface area contributed by atoms with Crippen LogP contribution in [0.2, 0.25) is 0 Å². The number of hydrazone groups is 1. The molecule has 0 atom stereocenters. The summed E-state index contributed by atoms with van der Waals surface area (Å²) >= 11 is 0. The van der Waals surface area contributed by atoms with E-state index >= 15 is 0 Å². The van der Waals surface area contributed by atoms with Crippen LogP contribution in [0, 0.1) is 0 Å². The van der Waals surface area contributed by atoms with Gasteiger partial charge in [0.1, 0.15) is 12.3 Å². The second-order valence-corrected chi connectivity index (χ2v) is 5.84. The van der Waals surface area contributed by atoms with E-state index < -0.39 is 0 Å². The zero-order chi connectivity index (χ0) is 18.4.